The lowest BCUT2D eigenvalue weighted by molar-refractivity contribution is 0.428. The van der Waals surface area contributed by atoms with Crippen LogP contribution < -0.4 is 5.73 Å². The van der Waals surface area contributed by atoms with Crippen molar-refractivity contribution in [2.24, 2.45) is 11.7 Å². The molecule has 2 N–H and O–H groups in total. The number of nitrogens with zero attached hydrogens (tertiary/aromatic N) is 1. The molecule has 106 valence electrons. The van der Waals surface area contributed by atoms with Gasteiger partial charge in [0, 0.05) is 19.2 Å². The molecule has 4 nitrogen and oxygen atoms in total. The molecule has 0 saturated heterocycles. The van der Waals surface area contributed by atoms with Crippen molar-refractivity contribution in [3.8, 4) is 0 Å². The topological polar surface area (TPSA) is 63.4 Å². The van der Waals surface area contributed by atoms with E-state index in [0.717, 1.165) is 6.42 Å². The molecule has 0 aliphatic rings. The fourth-order valence-corrected chi connectivity index (χ4v) is 3.25. The third-order valence-electron chi connectivity index (χ3n) is 2.86. The molecule has 6 heteroatoms. The van der Waals surface area contributed by atoms with E-state index in [2.05, 4.69) is 13.8 Å². The molecule has 1 aromatic rings. The Bertz CT molecular complexity index is 554. The number of hydrogen-bond donors (Lipinski definition) is 1. The number of benzene rings is 1. The summed E-state index contributed by atoms with van der Waals surface area (Å²) in [6.45, 7) is 4.60. The van der Waals surface area contributed by atoms with Gasteiger partial charge in [-0.05, 0) is 18.4 Å². The number of nitrogens with two attached hydrogens (primary N) is 1. The van der Waals surface area contributed by atoms with Gasteiger partial charge >= 0.3 is 0 Å². The first-order chi connectivity index (χ1) is 8.76. The Kier molecular flexibility index (Phi) is 5.46. The molecule has 0 bridgehead atoms. The Hall–Kier alpha value is -0.980. The smallest absolute Gasteiger partial charge is 0.243 e. The van der Waals surface area contributed by atoms with Crippen LogP contribution in [0.25, 0.3) is 0 Å². The fourth-order valence-electron chi connectivity index (χ4n) is 1.62. The van der Waals surface area contributed by atoms with Crippen molar-refractivity contribution in [1.29, 1.82) is 0 Å². The molecule has 0 radical (unpaired) electrons. The van der Waals surface area contributed by atoms with Crippen LogP contribution >= 0.6 is 12.2 Å². The van der Waals surface area contributed by atoms with Gasteiger partial charge in [0.05, 0.1) is 4.90 Å². The van der Waals surface area contributed by atoms with Crippen LogP contribution in [0.4, 0.5) is 0 Å². The first-order valence-electron chi connectivity index (χ1n) is 6.12. The van der Waals surface area contributed by atoms with Crippen LogP contribution in [-0.4, -0.2) is 31.3 Å². The summed E-state index contributed by atoms with van der Waals surface area (Å²) in [7, 11) is -1.97. The fraction of sp³-hybridized carbons (Fsp3) is 0.462. The van der Waals surface area contributed by atoms with Crippen molar-refractivity contribution in [1.82, 2.24) is 4.31 Å². The van der Waals surface area contributed by atoms with E-state index in [0.29, 0.717) is 18.0 Å². The van der Waals surface area contributed by atoms with Gasteiger partial charge in [0.1, 0.15) is 4.99 Å². The average molecular weight is 300 g/mol. The van der Waals surface area contributed by atoms with Crippen LogP contribution in [-0.2, 0) is 10.0 Å². The molecule has 0 aromatic heterocycles. The van der Waals surface area contributed by atoms with Crippen molar-refractivity contribution in [2.45, 2.75) is 25.2 Å². The van der Waals surface area contributed by atoms with E-state index in [9.17, 15) is 8.42 Å². The molecule has 1 aromatic carbocycles. The Morgan fingerprint density at radius 3 is 2.47 bits per heavy atom. The molecule has 0 saturated carbocycles. The minimum absolute atomic E-state index is 0.0939. The summed E-state index contributed by atoms with van der Waals surface area (Å²) in [4.78, 5) is 0.269. The van der Waals surface area contributed by atoms with Gasteiger partial charge in [-0.25, -0.2) is 12.7 Å². The van der Waals surface area contributed by atoms with E-state index in [1.165, 1.54) is 10.4 Å². The van der Waals surface area contributed by atoms with Crippen LogP contribution in [0.3, 0.4) is 0 Å². The minimum atomic E-state index is -3.54. The summed E-state index contributed by atoms with van der Waals surface area (Å²) in [5.41, 5.74) is 5.98. The SMILES string of the molecule is CC(C)CCN(C)S(=O)(=O)c1ccccc1C(N)=S. The van der Waals surface area contributed by atoms with E-state index in [1.807, 2.05) is 0 Å². The highest BCUT2D eigenvalue weighted by molar-refractivity contribution is 7.89. The largest absolute Gasteiger partial charge is 0.389 e. The predicted octanol–water partition coefficient (Wildman–Crippen LogP) is 1.99. The summed E-state index contributed by atoms with van der Waals surface area (Å²) in [5.74, 6) is 0.448. The molecular weight excluding hydrogens is 280 g/mol. The monoisotopic (exact) mass is 300 g/mol. The molecule has 19 heavy (non-hydrogen) atoms. The predicted molar refractivity (Wildman–Crippen MR) is 81.6 cm³/mol. The highest BCUT2D eigenvalue weighted by atomic mass is 32.2. The van der Waals surface area contributed by atoms with E-state index in [1.54, 1.807) is 25.2 Å². The molecule has 0 fully saturated rings. The molecule has 0 spiro atoms. The summed E-state index contributed by atoms with van der Waals surface area (Å²) >= 11 is 4.91. The maximum Gasteiger partial charge on any atom is 0.243 e. The summed E-state index contributed by atoms with van der Waals surface area (Å²) in [6.07, 6.45) is 0.810. The Morgan fingerprint density at radius 2 is 1.95 bits per heavy atom. The van der Waals surface area contributed by atoms with Gasteiger partial charge < -0.3 is 5.73 Å². The maximum atomic E-state index is 12.5. The summed E-state index contributed by atoms with van der Waals surface area (Å²) in [5, 5.41) is 0. The van der Waals surface area contributed by atoms with Gasteiger partial charge in [0.15, 0.2) is 0 Å². The van der Waals surface area contributed by atoms with Gasteiger partial charge in [0.25, 0.3) is 0 Å². The minimum Gasteiger partial charge on any atom is -0.389 e. The van der Waals surface area contributed by atoms with Crippen molar-refractivity contribution >= 4 is 27.2 Å². The molecule has 0 aliphatic heterocycles. The van der Waals surface area contributed by atoms with Gasteiger partial charge in [-0.15, -0.1) is 0 Å². The van der Waals surface area contributed by atoms with Crippen molar-refractivity contribution in [3.05, 3.63) is 29.8 Å². The van der Waals surface area contributed by atoms with E-state index in [-0.39, 0.29) is 9.88 Å². The maximum absolute atomic E-state index is 12.5. The second-order valence-corrected chi connectivity index (χ2v) is 7.32. The lowest BCUT2D eigenvalue weighted by Crippen LogP contribution is -2.30. The van der Waals surface area contributed by atoms with Crippen LogP contribution in [0.1, 0.15) is 25.8 Å². The van der Waals surface area contributed by atoms with Crippen molar-refractivity contribution in [3.63, 3.8) is 0 Å². The zero-order valence-corrected chi connectivity index (χ0v) is 13.1. The van der Waals surface area contributed by atoms with E-state index >= 15 is 0 Å². The van der Waals surface area contributed by atoms with Crippen LogP contribution in [0.5, 0.6) is 0 Å². The van der Waals surface area contributed by atoms with Gasteiger partial charge in [-0.2, -0.15) is 0 Å². The van der Waals surface area contributed by atoms with Crippen LogP contribution in [0.2, 0.25) is 0 Å². The first kappa shape index (κ1) is 16.1. The van der Waals surface area contributed by atoms with E-state index in [4.69, 9.17) is 18.0 Å². The van der Waals surface area contributed by atoms with Gasteiger partial charge in [0.2, 0.25) is 10.0 Å². The lowest BCUT2D eigenvalue weighted by atomic mass is 10.1. The summed E-state index contributed by atoms with van der Waals surface area (Å²) in [6, 6.07) is 6.56. The Labute approximate surface area is 120 Å². The number of hydrogen-bond acceptors (Lipinski definition) is 3. The standard InChI is InChI=1S/C13H20N2O2S2/c1-10(2)8-9-15(3)19(16,17)12-7-5-4-6-11(12)13(14)18/h4-7,10H,8-9H2,1-3H3,(H2,14,18). The van der Waals surface area contributed by atoms with Gasteiger partial charge in [-0.3, -0.25) is 0 Å². The second-order valence-electron chi connectivity index (χ2n) is 4.87. The Morgan fingerprint density at radius 1 is 1.37 bits per heavy atom. The quantitative estimate of drug-likeness (QED) is 0.816. The molecule has 0 amide bonds. The normalized spacial score (nSPS) is 12.1. The van der Waals surface area contributed by atoms with E-state index < -0.39 is 10.0 Å². The zero-order valence-electron chi connectivity index (χ0n) is 11.5. The highest BCUT2D eigenvalue weighted by Crippen LogP contribution is 2.20. The van der Waals surface area contributed by atoms with Crippen molar-refractivity contribution < 1.29 is 8.42 Å². The molecule has 0 atom stereocenters. The molecule has 0 heterocycles. The number of thiocarbonyl (C=S) groups is 1. The van der Waals surface area contributed by atoms with Crippen LogP contribution in [0.15, 0.2) is 29.2 Å². The number of sulfonamides is 1. The summed E-state index contributed by atoms with van der Waals surface area (Å²) < 4.78 is 26.3. The first-order valence-corrected chi connectivity index (χ1v) is 7.96. The van der Waals surface area contributed by atoms with Crippen molar-refractivity contribution in [2.75, 3.05) is 13.6 Å². The zero-order chi connectivity index (χ0) is 14.6. The van der Waals surface area contributed by atoms with Crippen LogP contribution in [0, 0.1) is 5.92 Å². The second kappa shape index (κ2) is 6.45. The molecular formula is C13H20N2O2S2. The lowest BCUT2D eigenvalue weighted by Gasteiger charge is -2.19. The third kappa shape index (κ3) is 3.99. The van der Waals surface area contributed by atoms with Gasteiger partial charge in [-0.1, -0.05) is 44.3 Å². The average Bonchev–Trinajstić information content (AvgIpc) is 2.35. The third-order valence-corrected chi connectivity index (χ3v) is 5.00. The Balaban J connectivity index is 3.10. The molecule has 1 rings (SSSR count). The molecule has 0 aliphatic carbocycles. The highest BCUT2D eigenvalue weighted by Gasteiger charge is 2.24. The number of rotatable bonds is 6. The molecule has 0 unspecified atom stereocenters.